The van der Waals surface area contributed by atoms with E-state index in [1.165, 1.54) is 50.6 Å². The molecule has 0 aromatic heterocycles. The second-order valence-electron chi connectivity index (χ2n) is 4.25. The number of rotatable bonds is 5. The molecule has 0 aliphatic rings. The van der Waals surface area contributed by atoms with Crippen molar-refractivity contribution in [2.24, 2.45) is 0 Å². The quantitative estimate of drug-likeness (QED) is 0.879. The SMILES string of the molecule is COc1ccc(S(=O)(=O)Nc2ccc(Cl)c(Cl)c2)c(OC)c1. The topological polar surface area (TPSA) is 64.6 Å². The number of halogens is 2. The van der Waals surface area contributed by atoms with Crippen molar-refractivity contribution in [2.75, 3.05) is 18.9 Å². The van der Waals surface area contributed by atoms with Gasteiger partial charge in [0.25, 0.3) is 10.0 Å². The van der Waals surface area contributed by atoms with Gasteiger partial charge in [0.15, 0.2) is 0 Å². The van der Waals surface area contributed by atoms with Gasteiger partial charge in [0.1, 0.15) is 16.4 Å². The third-order valence-electron chi connectivity index (χ3n) is 2.83. The molecular formula is C14H13Cl2NO4S. The van der Waals surface area contributed by atoms with E-state index in [1.54, 1.807) is 0 Å². The molecule has 0 spiro atoms. The molecule has 0 aliphatic carbocycles. The van der Waals surface area contributed by atoms with Crippen LogP contribution in [0, 0.1) is 0 Å². The standard InChI is InChI=1S/C14H13Cl2NO4S/c1-20-10-4-6-14(13(8-10)21-2)22(18,19)17-9-3-5-11(15)12(16)7-9/h3-8,17H,1-2H3. The van der Waals surface area contributed by atoms with Gasteiger partial charge >= 0.3 is 0 Å². The Kier molecular flexibility index (Phi) is 5.05. The Morgan fingerprint density at radius 3 is 2.27 bits per heavy atom. The Balaban J connectivity index is 2.39. The molecule has 0 aliphatic heterocycles. The first kappa shape index (κ1) is 16.7. The summed E-state index contributed by atoms with van der Waals surface area (Å²) in [6.07, 6.45) is 0. The molecule has 1 N–H and O–H groups in total. The molecule has 2 rings (SSSR count). The number of hydrogen-bond donors (Lipinski definition) is 1. The van der Waals surface area contributed by atoms with Crippen LogP contribution in [0.2, 0.25) is 10.0 Å². The number of anilines is 1. The third kappa shape index (κ3) is 3.58. The van der Waals surface area contributed by atoms with Gasteiger partial charge < -0.3 is 9.47 Å². The number of nitrogens with one attached hydrogen (secondary N) is 1. The van der Waals surface area contributed by atoms with E-state index in [4.69, 9.17) is 32.7 Å². The Morgan fingerprint density at radius 2 is 1.68 bits per heavy atom. The van der Waals surface area contributed by atoms with Gasteiger partial charge in [-0.05, 0) is 30.3 Å². The van der Waals surface area contributed by atoms with Crippen molar-refractivity contribution in [1.82, 2.24) is 0 Å². The summed E-state index contributed by atoms with van der Waals surface area (Å²) < 4.78 is 37.5. The normalized spacial score (nSPS) is 11.1. The maximum Gasteiger partial charge on any atom is 0.265 e. The summed E-state index contributed by atoms with van der Waals surface area (Å²) >= 11 is 11.7. The van der Waals surface area contributed by atoms with Crippen molar-refractivity contribution in [2.45, 2.75) is 4.90 Å². The van der Waals surface area contributed by atoms with Crippen LogP contribution in [0.5, 0.6) is 11.5 Å². The van der Waals surface area contributed by atoms with Crippen LogP contribution < -0.4 is 14.2 Å². The molecule has 0 heterocycles. The van der Waals surface area contributed by atoms with Crippen LogP contribution in [0.3, 0.4) is 0 Å². The van der Waals surface area contributed by atoms with Gasteiger partial charge in [0.05, 0.1) is 30.0 Å². The lowest BCUT2D eigenvalue weighted by Gasteiger charge is -2.13. The highest BCUT2D eigenvalue weighted by Crippen LogP contribution is 2.31. The largest absolute Gasteiger partial charge is 0.497 e. The van der Waals surface area contributed by atoms with Crippen molar-refractivity contribution < 1.29 is 17.9 Å². The van der Waals surface area contributed by atoms with Gasteiger partial charge in [-0.1, -0.05) is 23.2 Å². The Labute approximate surface area is 138 Å². The lowest BCUT2D eigenvalue weighted by atomic mass is 10.3. The van der Waals surface area contributed by atoms with Gasteiger partial charge in [-0.15, -0.1) is 0 Å². The van der Waals surface area contributed by atoms with E-state index in [-0.39, 0.29) is 15.7 Å². The van der Waals surface area contributed by atoms with Crippen LogP contribution in [-0.4, -0.2) is 22.6 Å². The predicted octanol–water partition coefficient (Wildman–Crippen LogP) is 3.81. The molecule has 2 aromatic rings. The van der Waals surface area contributed by atoms with E-state index >= 15 is 0 Å². The van der Waals surface area contributed by atoms with Crippen LogP contribution >= 0.6 is 23.2 Å². The maximum absolute atomic E-state index is 12.5. The molecule has 22 heavy (non-hydrogen) atoms. The molecule has 0 amide bonds. The van der Waals surface area contributed by atoms with Crippen molar-refractivity contribution >= 4 is 38.9 Å². The minimum atomic E-state index is -3.84. The molecule has 0 fully saturated rings. The molecule has 0 bridgehead atoms. The minimum absolute atomic E-state index is 0.0122. The first-order chi connectivity index (χ1) is 10.4. The molecule has 0 saturated carbocycles. The highest BCUT2D eigenvalue weighted by Gasteiger charge is 2.20. The smallest absolute Gasteiger partial charge is 0.265 e. The Bertz CT molecular complexity index is 793. The van der Waals surface area contributed by atoms with Crippen LogP contribution in [-0.2, 0) is 10.0 Å². The second-order valence-corrected chi connectivity index (χ2v) is 6.72. The minimum Gasteiger partial charge on any atom is -0.497 e. The van der Waals surface area contributed by atoms with Crippen LogP contribution in [0.15, 0.2) is 41.3 Å². The summed E-state index contributed by atoms with van der Waals surface area (Å²) in [5, 5.41) is 0.593. The van der Waals surface area contributed by atoms with E-state index in [0.717, 1.165) is 0 Å². The van der Waals surface area contributed by atoms with Gasteiger partial charge in [-0.2, -0.15) is 0 Å². The zero-order valence-corrected chi connectivity index (χ0v) is 14.1. The van der Waals surface area contributed by atoms with Crippen molar-refractivity contribution in [3.8, 4) is 11.5 Å². The van der Waals surface area contributed by atoms with E-state index in [0.29, 0.717) is 16.5 Å². The van der Waals surface area contributed by atoms with E-state index < -0.39 is 10.0 Å². The number of ether oxygens (including phenoxy) is 2. The molecule has 0 saturated heterocycles. The maximum atomic E-state index is 12.5. The van der Waals surface area contributed by atoms with Gasteiger partial charge in [0, 0.05) is 6.07 Å². The summed E-state index contributed by atoms with van der Waals surface area (Å²) in [6.45, 7) is 0. The first-order valence-electron chi connectivity index (χ1n) is 6.07. The van der Waals surface area contributed by atoms with Gasteiger partial charge in [0.2, 0.25) is 0 Å². The fourth-order valence-electron chi connectivity index (χ4n) is 1.77. The van der Waals surface area contributed by atoms with E-state index in [2.05, 4.69) is 4.72 Å². The van der Waals surface area contributed by atoms with E-state index in [1.807, 2.05) is 0 Å². The van der Waals surface area contributed by atoms with Crippen LogP contribution in [0.25, 0.3) is 0 Å². The highest BCUT2D eigenvalue weighted by atomic mass is 35.5. The van der Waals surface area contributed by atoms with Crippen LogP contribution in [0.1, 0.15) is 0 Å². The van der Waals surface area contributed by atoms with Crippen molar-refractivity contribution in [1.29, 1.82) is 0 Å². The summed E-state index contributed by atoms with van der Waals surface area (Å²) in [4.78, 5) is -0.0122. The summed E-state index contributed by atoms with van der Waals surface area (Å²) in [7, 11) is -0.978. The highest BCUT2D eigenvalue weighted by molar-refractivity contribution is 7.92. The number of sulfonamides is 1. The molecule has 0 unspecified atom stereocenters. The van der Waals surface area contributed by atoms with Crippen molar-refractivity contribution in [3.63, 3.8) is 0 Å². The molecule has 2 aromatic carbocycles. The molecule has 0 atom stereocenters. The predicted molar refractivity (Wildman–Crippen MR) is 86.8 cm³/mol. The number of hydrogen-bond acceptors (Lipinski definition) is 4. The Morgan fingerprint density at radius 1 is 0.955 bits per heavy atom. The fourth-order valence-corrected chi connectivity index (χ4v) is 3.27. The molecule has 0 radical (unpaired) electrons. The fraction of sp³-hybridized carbons (Fsp3) is 0.143. The summed E-state index contributed by atoms with van der Waals surface area (Å²) in [5.74, 6) is 0.664. The van der Waals surface area contributed by atoms with Crippen molar-refractivity contribution in [3.05, 3.63) is 46.4 Å². The lowest BCUT2D eigenvalue weighted by Crippen LogP contribution is -2.14. The molecular weight excluding hydrogens is 349 g/mol. The monoisotopic (exact) mass is 361 g/mol. The zero-order chi connectivity index (χ0) is 16.3. The van der Waals surface area contributed by atoms with Gasteiger partial charge in [-0.25, -0.2) is 8.42 Å². The lowest BCUT2D eigenvalue weighted by molar-refractivity contribution is 0.386. The first-order valence-corrected chi connectivity index (χ1v) is 8.31. The third-order valence-corrected chi connectivity index (χ3v) is 4.99. The zero-order valence-electron chi connectivity index (χ0n) is 11.8. The Hall–Kier alpha value is -1.63. The molecule has 118 valence electrons. The average molecular weight is 362 g/mol. The molecule has 5 nitrogen and oxygen atoms in total. The number of methoxy groups -OCH3 is 2. The average Bonchev–Trinajstić information content (AvgIpc) is 2.50. The molecule has 8 heteroatoms. The van der Waals surface area contributed by atoms with E-state index in [9.17, 15) is 8.42 Å². The second kappa shape index (κ2) is 6.64. The summed E-state index contributed by atoms with van der Waals surface area (Å²) in [6, 6.07) is 8.87. The number of benzene rings is 2. The summed E-state index contributed by atoms with van der Waals surface area (Å²) in [5.41, 5.74) is 0.298. The van der Waals surface area contributed by atoms with Crippen LogP contribution in [0.4, 0.5) is 5.69 Å². The van der Waals surface area contributed by atoms with Gasteiger partial charge in [-0.3, -0.25) is 4.72 Å².